The number of aromatic nitrogens is 4. The predicted molar refractivity (Wildman–Crippen MR) is 120 cm³/mol. The van der Waals surface area contributed by atoms with Crippen LogP contribution in [-0.2, 0) is 13.1 Å². The normalized spacial score (nSPS) is 10.9. The highest BCUT2D eigenvalue weighted by atomic mass is 35.5. The molecule has 2 aromatic carbocycles. The van der Waals surface area contributed by atoms with Gasteiger partial charge in [0.05, 0.1) is 18.7 Å². The van der Waals surface area contributed by atoms with Gasteiger partial charge in [0.1, 0.15) is 0 Å². The third kappa shape index (κ3) is 5.32. The van der Waals surface area contributed by atoms with E-state index < -0.39 is 35.4 Å². The van der Waals surface area contributed by atoms with Gasteiger partial charge in [-0.05, 0) is 23.8 Å². The Morgan fingerprint density at radius 3 is 1.97 bits per heavy atom. The van der Waals surface area contributed by atoms with Crippen LogP contribution >= 0.6 is 23.8 Å². The van der Waals surface area contributed by atoms with Crippen LogP contribution in [0.1, 0.15) is 11.1 Å². The van der Waals surface area contributed by atoms with Crippen LogP contribution in [0.2, 0.25) is 5.02 Å². The van der Waals surface area contributed by atoms with E-state index in [9.17, 15) is 17.6 Å². The van der Waals surface area contributed by atoms with Crippen LogP contribution in [0.5, 0.6) is 0 Å². The molecule has 0 aliphatic heterocycles. The van der Waals surface area contributed by atoms with Crippen LogP contribution in [0.15, 0.2) is 54.9 Å². The van der Waals surface area contributed by atoms with Crippen molar-refractivity contribution in [2.45, 2.75) is 13.1 Å². The van der Waals surface area contributed by atoms with Crippen molar-refractivity contribution < 1.29 is 17.6 Å². The smallest absolute Gasteiger partial charge is 0.177 e. The number of benzene rings is 2. The molecular formula is C21H15ClF4N6S. The fraction of sp³-hybridized carbons (Fsp3) is 0.0952. The molecule has 0 spiro atoms. The molecule has 2 N–H and O–H groups in total. The van der Waals surface area contributed by atoms with Gasteiger partial charge in [0.15, 0.2) is 40.0 Å². The van der Waals surface area contributed by atoms with Gasteiger partial charge in [-0.3, -0.25) is 9.36 Å². The summed E-state index contributed by atoms with van der Waals surface area (Å²) in [5, 5.41) is 14.9. The number of halogens is 5. The Kier molecular flexibility index (Phi) is 6.61. The molecule has 2 aromatic heterocycles. The standard InChI is InChI=1S/C21H15ClF4N6S/c22-14-4-2-1-3-12(14)10-31-7-5-17(29-31)27-21(33)28-18-6-8-32(30-18)11-13-19(25)15(23)9-16(24)20(13)26/h1-9H,10-11H2,(H2,27,28,29,30,33). The molecule has 0 saturated heterocycles. The number of nitrogens with one attached hydrogen (secondary N) is 2. The number of nitrogens with zero attached hydrogens (tertiary/aromatic N) is 4. The van der Waals surface area contributed by atoms with Gasteiger partial charge in [0.25, 0.3) is 0 Å². The second kappa shape index (κ2) is 9.59. The lowest BCUT2D eigenvalue weighted by Crippen LogP contribution is -2.20. The summed E-state index contributed by atoms with van der Waals surface area (Å²) >= 11 is 11.4. The van der Waals surface area contributed by atoms with Crippen molar-refractivity contribution in [2.24, 2.45) is 0 Å². The van der Waals surface area contributed by atoms with E-state index >= 15 is 0 Å². The van der Waals surface area contributed by atoms with Crippen LogP contribution in [-0.4, -0.2) is 24.7 Å². The van der Waals surface area contributed by atoms with Gasteiger partial charge >= 0.3 is 0 Å². The van der Waals surface area contributed by atoms with Crippen molar-refractivity contribution in [3.63, 3.8) is 0 Å². The molecule has 0 amide bonds. The highest BCUT2D eigenvalue weighted by Crippen LogP contribution is 2.21. The van der Waals surface area contributed by atoms with E-state index in [0.29, 0.717) is 17.4 Å². The lowest BCUT2D eigenvalue weighted by atomic mass is 10.2. The Hall–Kier alpha value is -3.44. The fourth-order valence-corrected chi connectivity index (χ4v) is 3.43. The van der Waals surface area contributed by atoms with Crippen LogP contribution in [0.4, 0.5) is 29.2 Å². The van der Waals surface area contributed by atoms with Gasteiger partial charge in [-0.1, -0.05) is 29.8 Å². The molecule has 0 fully saturated rings. The van der Waals surface area contributed by atoms with E-state index in [4.69, 9.17) is 23.8 Å². The molecule has 33 heavy (non-hydrogen) atoms. The first-order valence-electron chi connectivity index (χ1n) is 9.50. The maximum atomic E-state index is 13.9. The zero-order valence-corrected chi connectivity index (χ0v) is 18.3. The topological polar surface area (TPSA) is 59.7 Å². The summed E-state index contributed by atoms with van der Waals surface area (Å²) in [5.41, 5.74) is 0.137. The van der Waals surface area contributed by atoms with Crippen LogP contribution < -0.4 is 10.6 Å². The summed E-state index contributed by atoms with van der Waals surface area (Å²) in [6, 6.07) is 10.8. The monoisotopic (exact) mass is 494 g/mol. The van der Waals surface area contributed by atoms with Crippen molar-refractivity contribution >= 4 is 40.6 Å². The number of hydrogen-bond donors (Lipinski definition) is 2. The summed E-state index contributed by atoms with van der Waals surface area (Å²) < 4.78 is 57.3. The number of hydrogen-bond acceptors (Lipinski definition) is 3. The first kappa shape index (κ1) is 22.7. The minimum Gasteiger partial charge on any atom is -0.316 e. The van der Waals surface area contributed by atoms with Gasteiger partial charge in [-0.25, -0.2) is 17.6 Å². The average Bonchev–Trinajstić information content (AvgIpc) is 3.40. The Labute approximate surface area is 195 Å². The number of anilines is 2. The zero-order chi connectivity index (χ0) is 23.5. The van der Waals surface area contributed by atoms with Gasteiger partial charge in [0.2, 0.25) is 0 Å². The molecule has 4 aromatic rings. The lowest BCUT2D eigenvalue weighted by molar-refractivity contribution is 0.431. The molecule has 0 aliphatic rings. The SMILES string of the molecule is Fc1cc(F)c(F)c(Cn2ccc(NC(=S)Nc3ccn(Cc4ccccc4Cl)n3)n2)c1F. The quantitative estimate of drug-likeness (QED) is 0.219. The summed E-state index contributed by atoms with van der Waals surface area (Å²) in [4.78, 5) is 0. The van der Waals surface area contributed by atoms with Crippen LogP contribution in [0, 0.1) is 23.3 Å². The van der Waals surface area contributed by atoms with Gasteiger partial charge in [0, 0.05) is 35.6 Å². The van der Waals surface area contributed by atoms with Crippen molar-refractivity contribution in [3.8, 4) is 0 Å². The third-order valence-corrected chi connectivity index (χ3v) is 5.15. The van der Waals surface area contributed by atoms with Crippen molar-refractivity contribution in [2.75, 3.05) is 10.6 Å². The molecule has 0 bridgehead atoms. The Bertz CT molecular complexity index is 1300. The van der Waals surface area contributed by atoms with Crippen molar-refractivity contribution in [1.29, 1.82) is 0 Å². The molecule has 4 rings (SSSR count). The maximum absolute atomic E-state index is 13.9. The molecule has 6 nitrogen and oxygen atoms in total. The fourth-order valence-electron chi connectivity index (χ4n) is 3.02. The molecule has 0 atom stereocenters. The van der Waals surface area contributed by atoms with E-state index in [1.54, 1.807) is 23.0 Å². The third-order valence-electron chi connectivity index (χ3n) is 4.58. The van der Waals surface area contributed by atoms with E-state index in [2.05, 4.69) is 20.8 Å². The second-order valence-corrected chi connectivity index (χ2v) is 7.73. The average molecular weight is 495 g/mol. The van der Waals surface area contributed by atoms with E-state index in [-0.39, 0.29) is 17.0 Å². The Morgan fingerprint density at radius 1 is 0.848 bits per heavy atom. The molecule has 0 aliphatic carbocycles. The number of rotatable bonds is 6. The molecule has 0 radical (unpaired) electrons. The molecule has 170 valence electrons. The van der Waals surface area contributed by atoms with E-state index in [0.717, 1.165) is 10.2 Å². The van der Waals surface area contributed by atoms with Gasteiger partial charge < -0.3 is 10.6 Å². The van der Waals surface area contributed by atoms with Gasteiger partial charge in [-0.2, -0.15) is 10.2 Å². The summed E-state index contributed by atoms with van der Waals surface area (Å²) in [5.74, 6) is -5.17. The summed E-state index contributed by atoms with van der Waals surface area (Å²) in [7, 11) is 0. The maximum Gasteiger partial charge on any atom is 0.177 e. The Morgan fingerprint density at radius 2 is 1.39 bits per heavy atom. The molecule has 2 heterocycles. The van der Waals surface area contributed by atoms with Crippen LogP contribution in [0.25, 0.3) is 0 Å². The van der Waals surface area contributed by atoms with Crippen molar-refractivity contribution in [1.82, 2.24) is 19.6 Å². The first-order valence-corrected chi connectivity index (χ1v) is 10.3. The largest absolute Gasteiger partial charge is 0.316 e. The first-order chi connectivity index (χ1) is 15.8. The van der Waals surface area contributed by atoms with Crippen molar-refractivity contribution in [3.05, 3.63) is 94.3 Å². The molecular weight excluding hydrogens is 480 g/mol. The number of thiocarbonyl (C=S) groups is 1. The Balaban J connectivity index is 1.37. The minimum absolute atomic E-state index is 0.157. The highest BCUT2D eigenvalue weighted by Gasteiger charge is 2.19. The summed E-state index contributed by atoms with van der Waals surface area (Å²) in [6.07, 6.45) is 3.13. The summed E-state index contributed by atoms with van der Waals surface area (Å²) in [6.45, 7) is -0.0413. The lowest BCUT2D eigenvalue weighted by Gasteiger charge is -2.08. The zero-order valence-electron chi connectivity index (χ0n) is 16.7. The van der Waals surface area contributed by atoms with E-state index in [1.165, 1.54) is 12.3 Å². The van der Waals surface area contributed by atoms with E-state index in [1.807, 2.05) is 18.2 Å². The predicted octanol–water partition coefficient (Wildman–Crippen LogP) is 5.19. The second-order valence-electron chi connectivity index (χ2n) is 6.91. The van der Waals surface area contributed by atoms with Gasteiger partial charge in [-0.15, -0.1) is 0 Å². The molecule has 0 unspecified atom stereocenters. The van der Waals surface area contributed by atoms with Crippen LogP contribution in [0.3, 0.4) is 0 Å². The minimum atomic E-state index is -1.48. The molecule has 0 saturated carbocycles. The molecule has 12 heteroatoms. The highest BCUT2D eigenvalue weighted by molar-refractivity contribution is 7.80.